The first-order chi connectivity index (χ1) is 13.1. The van der Waals surface area contributed by atoms with Crippen molar-refractivity contribution in [2.45, 2.75) is 6.92 Å². The quantitative estimate of drug-likeness (QED) is 0.662. The van der Waals surface area contributed by atoms with Crippen LogP contribution in [-0.4, -0.2) is 30.4 Å². The van der Waals surface area contributed by atoms with Gasteiger partial charge in [0.15, 0.2) is 16.6 Å². The molecule has 138 valence electrons. The second-order valence-corrected chi connectivity index (χ2v) is 6.60. The topological polar surface area (TPSA) is 98.8 Å². The van der Waals surface area contributed by atoms with Gasteiger partial charge in [-0.1, -0.05) is 11.3 Å². The van der Waals surface area contributed by atoms with Crippen molar-refractivity contribution < 1.29 is 23.8 Å². The molecule has 2 heterocycles. The molecule has 0 aliphatic carbocycles. The van der Waals surface area contributed by atoms with E-state index in [0.717, 1.165) is 4.70 Å². The Hall–Kier alpha value is -3.33. The van der Waals surface area contributed by atoms with Crippen LogP contribution >= 0.6 is 11.3 Å². The molecule has 0 unspecified atom stereocenters. The van der Waals surface area contributed by atoms with Crippen LogP contribution in [0.3, 0.4) is 0 Å². The number of amides is 2. The maximum Gasteiger partial charge on any atom is 0.338 e. The number of fused-ring (bicyclic) bond motifs is 2. The van der Waals surface area contributed by atoms with Crippen molar-refractivity contribution in [2.75, 3.05) is 24.0 Å². The zero-order valence-corrected chi connectivity index (χ0v) is 15.1. The largest absolute Gasteiger partial charge is 0.462 e. The Morgan fingerprint density at radius 1 is 1.15 bits per heavy atom. The summed E-state index contributed by atoms with van der Waals surface area (Å²) in [6.45, 7) is 2.24. The molecule has 1 aliphatic rings. The minimum atomic E-state index is -0.432. The van der Waals surface area contributed by atoms with Gasteiger partial charge in [-0.25, -0.2) is 14.6 Å². The molecule has 0 radical (unpaired) electrons. The molecule has 3 aromatic rings. The highest BCUT2D eigenvalue weighted by atomic mass is 32.1. The van der Waals surface area contributed by atoms with Crippen molar-refractivity contribution in [2.24, 2.45) is 0 Å². The van der Waals surface area contributed by atoms with E-state index in [1.165, 1.54) is 11.3 Å². The minimum Gasteiger partial charge on any atom is -0.462 e. The van der Waals surface area contributed by atoms with Gasteiger partial charge < -0.3 is 19.5 Å². The van der Waals surface area contributed by atoms with Crippen molar-refractivity contribution in [3.05, 3.63) is 42.0 Å². The van der Waals surface area contributed by atoms with Gasteiger partial charge in [-0.05, 0) is 37.3 Å². The molecule has 0 bridgehead atoms. The Balaban J connectivity index is 1.46. The lowest BCUT2D eigenvalue weighted by Crippen LogP contribution is -2.19. The van der Waals surface area contributed by atoms with Gasteiger partial charge in [0.25, 0.3) is 0 Å². The van der Waals surface area contributed by atoms with E-state index in [0.29, 0.717) is 40.0 Å². The summed E-state index contributed by atoms with van der Waals surface area (Å²) in [7, 11) is 0. The van der Waals surface area contributed by atoms with E-state index >= 15 is 0 Å². The number of hydrogen-bond acceptors (Lipinski definition) is 7. The fourth-order valence-electron chi connectivity index (χ4n) is 2.55. The van der Waals surface area contributed by atoms with Gasteiger partial charge in [0.1, 0.15) is 0 Å². The SMILES string of the molecule is CCOC(=O)c1ccc2nc(NC(=O)Nc3ccc4c(c3)OCO4)sc2c1. The van der Waals surface area contributed by atoms with E-state index < -0.39 is 6.03 Å². The highest BCUT2D eigenvalue weighted by molar-refractivity contribution is 7.22. The zero-order valence-electron chi connectivity index (χ0n) is 14.3. The number of aromatic nitrogens is 1. The van der Waals surface area contributed by atoms with Gasteiger partial charge in [-0.15, -0.1) is 0 Å². The van der Waals surface area contributed by atoms with Gasteiger partial charge in [0, 0.05) is 11.8 Å². The second kappa shape index (κ2) is 7.12. The number of carbonyl (C=O) groups is 2. The standard InChI is InChI=1S/C18H15N3O5S/c1-2-24-16(22)10-3-5-12-15(7-10)27-18(20-12)21-17(23)19-11-4-6-13-14(8-11)26-9-25-13/h3-8H,2,9H2,1H3,(H2,19,20,21,23). The third kappa shape index (κ3) is 3.63. The molecule has 4 rings (SSSR count). The molecule has 0 saturated heterocycles. The molecule has 0 saturated carbocycles. The number of rotatable bonds is 4. The van der Waals surface area contributed by atoms with Crippen LogP contribution in [0.4, 0.5) is 15.6 Å². The number of benzene rings is 2. The summed E-state index contributed by atoms with van der Waals surface area (Å²) in [6, 6.07) is 9.77. The van der Waals surface area contributed by atoms with Crippen molar-refractivity contribution in [3.63, 3.8) is 0 Å². The summed E-state index contributed by atoms with van der Waals surface area (Å²) in [5.74, 6) is 0.840. The molecule has 2 amide bonds. The smallest absolute Gasteiger partial charge is 0.338 e. The van der Waals surface area contributed by atoms with Crippen LogP contribution in [0.1, 0.15) is 17.3 Å². The fourth-order valence-corrected chi connectivity index (χ4v) is 3.45. The first-order valence-electron chi connectivity index (χ1n) is 8.18. The van der Waals surface area contributed by atoms with E-state index in [2.05, 4.69) is 15.6 Å². The third-order valence-electron chi connectivity index (χ3n) is 3.75. The summed E-state index contributed by atoms with van der Waals surface area (Å²) in [5, 5.41) is 5.83. The maximum absolute atomic E-state index is 12.2. The van der Waals surface area contributed by atoms with Crippen molar-refractivity contribution in [3.8, 4) is 11.5 Å². The number of urea groups is 1. The van der Waals surface area contributed by atoms with E-state index in [9.17, 15) is 9.59 Å². The number of hydrogen-bond donors (Lipinski definition) is 2. The molecule has 1 aromatic heterocycles. The Kier molecular flexibility index (Phi) is 4.51. The number of nitrogens with one attached hydrogen (secondary N) is 2. The molecule has 2 aromatic carbocycles. The van der Waals surface area contributed by atoms with Crippen molar-refractivity contribution in [1.82, 2.24) is 4.98 Å². The lowest BCUT2D eigenvalue weighted by molar-refractivity contribution is 0.0526. The maximum atomic E-state index is 12.2. The Bertz CT molecular complexity index is 1030. The third-order valence-corrected chi connectivity index (χ3v) is 4.68. The number of esters is 1. The van der Waals surface area contributed by atoms with Gasteiger partial charge in [-0.3, -0.25) is 5.32 Å². The van der Waals surface area contributed by atoms with Gasteiger partial charge in [-0.2, -0.15) is 0 Å². The van der Waals surface area contributed by atoms with Crippen LogP contribution in [0, 0.1) is 0 Å². The number of anilines is 2. The van der Waals surface area contributed by atoms with Crippen LogP contribution in [-0.2, 0) is 4.74 Å². The predicted octanol–water partition coefficient (Wildman–Crippen LogP) is 3.85. The number of thiazole rings is 1. The lowest BCUT2D eigenvalue weighted by atomic mass is 10.2. The van der Waals surface area contributed by atoms with Crippen LogP contribution in [0.5, 0.6) is 11.5 Å². The molecule has 8 nitrogen and oxygen atoms in total. The van der Waals surface area contributed by atoms with Gasteiger partial charge in [0.05, 0.1) is 22.4 Å². The molecule has 0 fully saturated rings. The number of carbonyl (C=O) groups excluding carboxylic acids is 2. The normalized spacial score (nSPS) is 12.0. The van der Waals surface area contributed by atoms with Crippen LogP contribution in [0.15, 0.2) is 36.4 Å². The number of nitrogens with zero attached hydrogens (tertiary/aromatic N) is 1. The summed E-state index contributed by atoms with van der Waals surface area (Å²) in [5.41, 5.74) is 1.71. The van der Waals surface area contributed by atoms with E-state index in [1.54, 1.807) is 43.3 Å². The average molecular weight is 385 g/mol. The summed E-state index contributed by atoms with van der Waals surface area (Å²) in [6.07, 6.45) is 0. The second-order valence-electron chi connectivity index (χ2n) is 5.57. The Labute approximate surface area is 158 Å². The average Bonchev–Trinajstić information content (AvgIpc) is 3.26. The molecule has 27 heavy (non-hydrogen) atoms. The lowest BCUT2D eigenvalue weighted by Gasteiger charge is -2.06. The molecule has 1 aliphatic heterocycles. The molecule has 0 atom stereocenters. The molecule has 0 spiro atoms. The van der Waals surface area contributed by atoms with E-state index in [-0.39, 0.29) is 12.8 Å². The van der Waals surface area contributed by atoms with Crippen LogP contribution in [0.25, 0.3) is 10.2 Å². The van der Waals surface area contributed by atoms with Gasteiger partial charge in [0.2, 0.25) is 6.79 Å². The molecular weight excluding hydrogens is 370 g/mol. The molecule has 9 heteroatoms. The summed E-state index contributed by atoms with van der Waals surface area (Å²) < 4.78 is 16.3. The monoisotopic (exact) mass is 385 g/mol. The van der Waals surface area contributed by atoms with Crippen molar-refractivity contribution in [1.29, 1.82) is 0 Å². The van der Waals surface area contributed by atoms with Crippen LogP contribution < -0.4 is 20.1 Å². The first kappa shape index (κ1) is 17.1. The summed E-state index contributed by atoms with van der Waals surface area (Å²) >= 11 is 1.27. The number of ether oxygens (including phenoxy) is 3. The Morgan fingerprint density at radius 2 is 2.00 bits per heavy atom. The highest BCUT2D eigenvalue weighted by Gasteiger charge is 2.15. The van der Waals surface area contributed by atoms with Crippen LogP contribution in [0.2, 0.25) is 0 Å². The Morgan fingerprint density at radius 3 is 2.85 bits per heavy atom. The highest BCUT2D eigenvalue weighted by Crippen LogP contribution is 2.34. The van der Waals surface area contributed by atoms with Crippen molar-refractivity contribution >= 4 is 44.4 Å². The minimum absolute atomic E-state index is 0.171. The van der Waals surface area contributed by atoms with E-state index in [4.69, 9.17) is 14.2 Å². The molecular formula is C18H15N3O5S. The van der Waals surface area contributed by atoms with Gasteiger partial charge >= 0.3 is 12.0 Å². The first-order valence-corrected chi connectivity index (χ1v) is 8.99. The van der Waals surface area contributed by atoms with E-state index in [1.807, 2.05) is 0 Å². The summed E-state index contributed by atoms with van der Waals surface area (Å²) in [4.78, 5) is 28.4. The zero-order chi connectivity index (χ0) is 18.8. The predicted molar refractivity (Wildman–Crippen MR) is 101 cm³/mol. The fraction of sp³-hybridized carbons (Fsp3) is 0.167. The molecule has 2 N–H and O–H groups in total.